The number of thioether (sulfide) groups is 1. The highest BCUT2D eigenvalue weighted by atomic mass is 32.2. The summed E-state index contributed by atoms with van der Waals surface area (Å²) in [6.07, 6.45) is -4.08. The molecule has 1 N–H and O–H groups in total. The van der Waals surface area contributed by atoms with E-state index in [0.717, 1.165) is 11.8 Å². The van der Waals surface area contributed by atoms with Crippen LogP contribution in [0.4, 0.5) is 4.79 Å². The van der Waals surface area contributed by atoms with Gasteiger partial charge in [-0.05, 0) is 45.0 Å². The van der Waals surface area contributed by atoms with Crippen LogP contribution in [0.5, 0.6) is 0 Å². The number of nitrogens with zero attached hydrogens (tertiary/aromatic N) is 2. The zero-order chi connectivity index (χ0) is 27.4. The lowest BCUT2D eigenvalue weighted by Gasteiger charge is -2.39. The molecule has 2 heterocycles. The van der Waals surface area contributed by atoms with Crippen LogP contribution in [0.3, 0.4) is 0 Å². The fraction of sp³-hybridized carbons (Fsp3) is 0.407. The van der Waals surface area contributed by atoms with E-state index in [1.54, 1.807) is 81.4 Å². The molecular formula is C27H30N2O8S. The van der Waals surface area contributed by atoms with E-state index < -0.39 is 53.4 Å². The summed E-state index contributed by atoms with van der Waals surface area (Å²) < 4.78 is 22.7. The summed E-state index contributed by atoms with van der Waals surface area (Å²) in [5, 5.41) is 11.5. The van der Waals surface area contributed by atoms with Crippen molar-refractivity contribution in [1.29, 1.82) is 0 Å². The van der Waals surface area contributed by atoms with Crippen LogP contribution in [0.2, 0.25) is 0 Å². The zero-order valence-electron chi connectivity index (χ0n) is 21.5. The third-order valence-electron chi connectivity index (χ3n) is 5.72. The number of esters is 2. The van der Waals surface area contributed by atoms with Crippen LogP contribution in [0.15, 0.2) is 65.7 Å². The molecule has 0 spiro atoms. The minimum Gasteiger partial charge on any atom is -0.459 e. The van der Waals surface area contributed by atoms with Gasteiger partial charge in [0.25, 0.3) is 0 Å². The Bertz CT molecular complexity index is 1180. The minimum absolute atomic E-state index is 0.279. The third-order valence-corrected chi connectivity index (χ3v) is 6.93. The van der Waals surface area contributed by atoms with Gasteiger partial charge in [-0.2, -0.15) is 0 Å². The fourth-order valence-corrected chi connectivity index (χ4v) is 5.02. The predicted octanol–water partition coefficient (Wildman–Crippen LogP) is 3.49. The van der Waals surface area contributed by atoms with Crippen LogP contribution in [0.1, 0.15) is 41.5 Å². The molecule has 0 saturated carbocycles. The van der Waals surface area contributed by atoms with E-state index in [1.807, 2.05) is 0 Å². The van der Waals surface area contributed by atoms with Crippen molar-refractivity contribution in [3.63, 3.8) is 0 Å². The first-order valence-electron chi connectivity index (χ1n) is 12.1. The van der Waals surface area contributed by atoms with Gasteiger partial charge in [0.05, 0.1) is 11.1 Å². The number of carbonyl (C=O) groups excluding carboxylic acids is 3. The molecule has 202 valence electrons. The number of aliphatic imine (C=N–C) groups is 1. The van der Waals surface area contributed by atoms with Crippen molar-refractivity contribution >= 4 is 35.0 Å². The van der Waals surface area contributed by atoms with Crippen LogP contribution in [0, 0.1) is 0 Å². The van der Waals surface area contributed by atoms with Crippen molar-refractivity contribution < 1.29 is 38.4 Å². The van der Waals surface area contributed by atoms with Gasteiger partial charge in [-0.15, -0.1) is 0 Å². The molecule has 0 aliphatic carbocycles. The Hall–Kier alpha value is -3.41. The van der Waals surface area contributed by atoms with Crippen molar-refractivity contribution in [2.45, 2.75) is 56.2 Å². The van der Waals surface area contributed by atoms with Crippen molar-refractivity contribution in [2.75, 3.05) is 13.7 Å². The summed E-state index contributed by atoms with van der Waals surface area (Å²) in [6, 6.07) is 15.9. The van der Waals surface area contributed by atoms with Crippen LogP contribution >= 0.6 is 11.8 Å². The SMILES string of the molecule is CN(C(=O)OC(C)(C)C)C1=N[C@@H]2[C@@H](O)[C@H](OC(=O)c3ccccc3)[C@@H](COC(=O)c3ccccc3)O[C@@H]2S1. The van der Waals surface area contributed by atoms with Crippen LogP contribution in [-0.4, -0.2) is 82.3 Å². The number of amidine groups is 1. The van der Waals surface area contributed by atoms with Crippen LogP contribution in [0.25, 0.3) is 0 Å². The molecule has 38 heavy (non-hydrogen) atoms. The summed E-state index contributed by atoms with van der Waals surface area (Å²) in [4.78, 5) is 43.7. The topological polar surface area (TPSA) is 124 Å². The highest BCUT2D eigenvalue weighted by molar-refractivity contribution is 8.14. The molecule has 0 aromatic heterocycles. The number of fused-ring (bicyclic) bond motifs is 1. The standard InChI is InChI=1S/C27H30N2O8S/c1-27(2,3)37-26(33)29(4)25-28-19-20(30)21(36-23(32)17-13-9-6-10-14-17)18(35-24(19)38-25)15-34-22(31)16-11-7-5-8-12-16/h5-14,18-21,24,30H,15H2,1-4H3/t18-,19-,20-,21-,24-/m1/s1. The van der Waals surface area contributed by atoms with Gasteiger partial charge in [0.15, 0.2) is 11.3 Å². The number of hydrogen-bond donors (Lipinski definition) is 1. The summed E-state index contributed by atoms with van der Waals surface area (Å²) in [5.41, 5.74) is -0.782. The third kappa shape index (κ3) is 6.53. The minimum atomic E-state index is -1.29. The lowest BCUT2D eigenvalue weighted by Crippen LogP contribution is -2.57. The first-order valence-corrected chi connectivity index (χ1v) is 12.9. The molecule has 1 amide bonds. The number of aliphatic hydroxyl groups is 1. The zero-order valence-corrected chi connectivity index (χ0v) is 22.3. The largest absolute Gasteiger partial charge is 0.459 e. The molecule has 2 aliphatic heterocycles. The summed E-state index contributed by atoms with van der Waals surface area (Å²) in [6.45, 7) is 4.98. The molecule has 0 unspecified atom stereocenters. The first kappa shape index (κ1) is 27.6. The van der Waals surface area contributed by atoms with E-state index in [1.165, 1.54) is 11.9 Å². The second-order valence-electron chi connectivity index (χ2n) is 9.79. The van der Waals surface area contributed by atoms with E-state index in [9.17, 15) is 19.5 Å². The molecule has 2 aromatic carbocycles. The number of aliphatic hydroxyl groups excluding tert-OH is 1. The Morgan fingerprint density at radius 2 is 1.58 bits per heavy atom. The number of hydrogen-bond acceptors (Lipinski definition) is 10. The molecule has 2 aromatic rings. The maximum absolute atomic E-state index is 12.8. The van der Waals surface area contributed by atoms with E-state index >= 15 is 0 Å². The Morgan fingerprint density at radius 1 is 1.00 bits per heavy atom. The van der Waals surface area contributed by atoms with Gasteiger partial charge in [-0.25, -0.2) is 14.4 Å². The molecule has 0 bridgehead atoms. The van der Waals surface area contributed by atoms with Gasteiger partial charge >= 0.3 is 18.0 Å². The highest BCUT2D eigenvalue weighted by Crippen LogP contribution is 2.38. The Labute approximate surface area is 224 Å². The van der Waals surface area contributed by atoms with Crippen molar-refractivity contribution in [2.24, 2.45) is 4.99 Å². The number of ether oxygens (including phenoxy) is 4. The molecule has 0 radical (unpaired) electrons. The van der Waals surface area contributed by atoms with Crippen molar-refractivity contribution in [1.82, 2.24) is 4.90 Å². The maximum Gasteiger partial charge on any atom is 0.416 e. The van der Waals surface area contributed by atoms with E-state index in [4.69, 9.17) is 18.9 Å². The lowest BCUT2D eigenvalue weighted by atomic mass is 9.98. The molecule has 11 heteroatoms. The summed E-state index contributed by atoms with van der Waals surface area (Å²) >= 11 is 1.12. The molecule has 1 fully saturated rings. The van der Waals surface area contributed by atoms with E-state index in [0.29, 0.717) is 5.56 Å². The monoisotopic (exact) mass is 542 g/mol. The average molecular weight is 543 g/mol. The van der Waals surface area contributed by atoms with E-state index in [2.05, 4.69) is 4.99 Å². The van der Waals surface area contributed by atoms with Gasteiger partial charge in [-0.1, -0.05) is 48.2 Å². The maximum atomic E-state index is 12.8. The number of benzene rings is 2. The number of rotatable bonds is 5. The normalized spacial score (nSPS) is 24.6. The molecule has 1 saturated heterocycles. The second kappa shape index (κ2) is 11.5. The fourth-order valence-electron chi connectivity index (χ4n) is 3.84. The molecular weight excluding hydrogens is 512 g/mol. The number of carbonyl (C=O) groups is 3. The predicted molar refractivity (Wildman–Crippen MR) is 140 cm³/mol. The molecule has 5 atom stereocenters. The van der Waals surface area contributed by atoms with Crippen LogP contribution in [-0.2, 0) is 18.9 Å². The number of amides is 1. The van der Waals surface area contributed by atoms with Crippen molar-refractivity contribution in [3.05, 3.63) is 71.8 Å². The van der Waals surface area contributed by atoms with Crippen LogP contribution < -0.4 is 0 Å². The van der Waals surface area contributed by atoms with Gasteiger partial charge in [0, 0.05) is 7.05 Å². The lowest BCUT2D eigenvalue weighted by molar-refractivity contribution is -0.167. The molecule has 4 rings (SSSR count). The van der Waals surface area contributed by atoms with Gasteiger partial charge in [-0.3, -0.25) is 9.89 Å². The Balaban J connectivity index is 1.52. The summed E-state index contributed by atoms with van der Waals surface area (Å²) in [5.74, 6) is -1.25. The summed E-state index contributed by atoms with van der Waals surface area (Å²) in [7, 11) is 1.51. The second-order valence-corrected chi connectivity index (χ2v) is 10.9. The van der Waals surface area contributed by atoms with Gasteiger partial charge < -0.3 is 24.1 Å². The van der Waals surface area contributed by atoms with Gasteiger partial charge in [0.1, 0.15) is 35.9 Å². The average Bonchev–Trinajstić information content (AvgIpc) is 3.33. The quantitative estimate of drug-likeness (QED) is 0.447. The Morgan fingerprint density at radius 3 is 2.16 bits per heavy atom. The first-order chi connectivity index (χ1) is 18.0. The van der Waals surface area contributed by atoms with Crippen molar-refractivity contribution in [3.8, 4) is 0 Å². The smallest absolute Gasteiger partial charge is 0.416 e. The van der Waals surface area contributed by atoms with Gasteiger partial charge in [0.2, 0.25) is 0 Å². The van der Waals surface area contributed by atoms with E-state index in [-0.39, 0.29) is 17.3 Å². The highest BCUT2D eigenvalue weighted by Gasteiger charge is 2.52. The molecule has 2 aliphatic rings. The Kier molecular flexibility index (Phi) is 8.39. The molecule has 10 nitrogen and oxygen atoms in total.